The Kier molecular flexibility index (Phi) is 6.66. The summed E-state index contributed by atoms with van der Waals surface area (Å²) in [7, 11) is 3.82. The van der Waals surface area contributed by atoms with Crippen LogP contribution in [0.5, 0.6) is 5.75 Å². The number of nitrogens with one attached hydrogen (secondary N) is 1. The summed E-state index contributed by atoms with van der Waals surface area (Å²) in [4.78, 5) is 16.2. The zero-order chi connectivity index (χ0) is 24.6. The molecule has 1 aliphatic carbocycles. The molecule has 0 spiro atoms. The fraction of sp³-hybridized carbons (Fsp3) is 0.444. The van der Waals surface area contributed by atoms with E-state index in [2.05, 4.69) is 40.2 Å². The molecular formula is C27H32ClN5O2. The van der Waals surface area contributed by atoms with E-state index in [9.17, 15) is 5.11 Å². The molecule has 0 bridgehead atoms. The van der Waals surface area contributed by atoms with Crippen molar-refractivity contribution in [3.05, 3.63) is 58.5 Å². The van der Waals surface area contributed by atoms with Crippen molar-refractivity contribution in [3.8, 4) is 17.0 Å². The van der Waals surface area contributed by atoms with Gasteiger partial charge in [0.15, 0.2) is 0 Å². The van der Waals surface area contributed by atoms with Crippen LogP contribution >= 0.6 is 11.6 Å². The molecule has 8 heteroatoms. The molecule has 35 heavy (non-hydrogen) atoms. The number of hydrogen-bond donors (Lipinski definition) is 2. The van der Waals surface area contributed by atoms with Crippen molar-refractivity contribution in [1.82, 2.24) is 19.9 Å². The molecule has 0 amide bonds. The lowest BCUT2D eigenvalue weighted by Gasteiger charge is -2.30. The molecule has 1 unspecified atom stereocenters. The number of anilines is 2. The second-order valence-corrected chi connectivity index (χ2v) is 10.4. The van der Waals surface area contributed by atoms with Crippen LogP contribution in [0, 0.1) is 0 Å². The second kappa shape index (κ2) is 9.72. The Labute approximate surface area is 211 Å². The summed E-state index contributed by atoms with van der Waals surface area (Å²) in [5, 5.41) is 14.0. The number of aliphatic hydroxyl groups is 1. The van der Waals surface area contributed by atoms with Gasteiger partial charge in [0, 0.05) is 34.1 Å². The molecular weight excluding hydrogens is 462 g/mol. The Balaban J connectivity index is 1.41. The Hall–Kier alpha value is -2.74. The number of likely N-dealkylation sites (tertiary alicyclic amines) is 1. The Morgan fingerprint density at radius 1 is 1.23 bits per heavy atom. The number of benzene rings is 1. The third-order valence-corrected chi connectivity index (χ3v) is 7.89. The van der Waals surface area contributed by atoms with Crippen LogP contribution in [0.25, 0.3) is 11.3 Å². The van der Waals surface area contributed by atoms with E-state index in [-0.39, 0.29) is 12.0 Å². The summed E-state index contributed by atoms with van der Waals surface area (Å²) in [6.07, 6.45) is 7.53. The second-order valence-electron chi connectivity index (χ2n) is 9.98. The van der Waals surface area contributed by atoms with E-state index in [1.807, 2.05) is 24.4 Å². The number of nitrogens with zero attached hydrogens (tertiary/aromatic N) is 4. The van der Waals surface area contributed by atoms with Crippen molar-refractivity contribution >= 4 is 23.2 Å². The molecule has 1 atom stereocenters. The number of hydrogen-bond acceptors (Lipinski definition) is 7. The van der Waals surface area contributed by atoms with E-state index in [0.717, 1.165) is 83.3 Å². The first-order chi connectivity index (χ1) is 16.9. The van der Waals surface area contributed by atoms with E-state index in [0.29, 0.717) is 11.9 Å². The van der Waals surface area contributed by atoms with Gasteiger partial charge < -0.3 is 20.1 Å². The van der Waals surface area contributed by atoms with E-state index >= 15 is 0 Å². The molecule has 0 radical (unpaired) electrons. The van der Waals surface area contributed by atoms with Gasteiger partial charge in [-0.1, -0.05) is 18.5 Å². The monoisotopic (exact) mass is 493 g/mol. The lowest BCUT2D eigenvalue weighted by molar-refractivity contribution is 0.206. The number of piperidine rings is 1. The van der Waals surface area contributed by atoms with Crippen LogP contribution in [-0.4, -0.2) is 58.8 Å². The van der Waals surface area contributed by atoms with Gasteiger partial charge in [-0.2, -0.15) is 0 Å². The summed E-state index contributed by atoms with van der Waals surface area (Å²) in [6.45, 7) is 4.33. The van der Waals surface area contributed by atoms with Crippen LogP contribution < -0.4 is 10.1 Å². The van der Waals surface area contributed by atoms with Crippen molar-refractivity contribution in [2.45, 2.75) is 43.9 Å². The number of aryl methyl sites for hydroxylation is 1. The fourth-order valence-corrected chi connectivity index (χ4v) is 5.53. The van der Waals surface area contributed by atoms with Crippen LogP contribution in [0.4, 0.5) is 11.6 Å². The molecule has 1 saturated heterocycles. The van der Waals surface area contributed by atoms with Crippen molar-refractivity contribution < 1.29 is 9.84 Å². The maximum Gasteiger partial charge on any atom is 0.227 e. The molecule has 2 N–H and O–H groups in total. The average molecular weight is 494 g/mol. The topological polar surface area (TPSA) is 83.4 Å². The lowest BCUT2D eigenvalue weighted by Crippen LogP contribution is -2.29. The quantitative estimate of drug-likeness (QED) is 0.502. The van der Waals surface area contributed by atoms with Crippen molar-refractivity contribution in [2.24, 2.45) is 0 Å². The predicted molar refractivity (Wildman–Crippen MR) is 139 cm³/mol. The lowest BCUT2D eigenvalue weighted by atomic mass is 9.85. The molecule has 1 aliphatic heterocycles. The minimum atomic E-state index is -0.258. The molecule has 1 aromatic carbocycles. The number of rotatable bonds is 6. The van der Waals surface area contributed by atoms with Gasteiger partial charge in [0.2, 0.25) is 5.95 Å². The standard InChI is InChI=1S/C27H32ClN5O2/c1-27(16-34)8-4-23-20(27)12-18(15-30-23)22-5-9-29-26(31-22)32-24-14-21(28)19(13-25(24)35-3)17-6-10-33(2)11-7-17/h5,9,12-15,17,34H,4,6-8,10-11,16H2,1-3H3,(H,29,31,32). The maximum atomic E-state index is 9.94. The smallest absolute Gasteiger partial charge is 0.227 e. The third-order valence-electron chi connectivity index (χ3n) is 7.56. The molecule has 5 rings (SSSR count). The predicted octanol–water partition coefficient (Wildman–Crippen LogP) is 4.95. The summed E-state index contributed by atoms with van der Waals surface area (Å²) in [6, 6.07) is 7.93. The molecule has 7 nitrogen and oxygen atoms in total. The number of aromatic nitrogens is 3. The van der Waals surface area contributed by atoms with Crippen LogP contribution in [0.1, 0.15) is 48.9 Å². The zero-order valence-corrected chi connectivity index (χ0v) is 21.3. The normalized spacial score (nSPS) is 20.6. The van der Waals surface area contributed by atoms with Crippen LogP contribution in [-0.2, 0) is 11.8 Å². The molecule has 1 fully saturated rings. The van der Waals surface area contributed by atoms with E-state index in [1.165, 1.54) is 0 Å². The summed E-state index contributed by atoms with van der Waals surface area (Å²) < 4.78 is 5.70. The number of aliphatic hydroxyl groups excluding tert-OH is 1. The Morgan fingerprint density at radius 2 is 2.03 bits per heavy atom. The van der Waals surface area contributed by atoms with Gasteiger partial charge in [0.05, 0.1) is 25.1 Å². The number of methoxy groups -OCH3 is 1. The highest BCUT2D eigenvalue weighted by Gasteiger charge is 2.35. The molecule has 184 valence electrons. The number of pyridine rings is 1. The van der Waals surface area contributed by atoms with Gasteiger partial charge in [-0.25, -0.2) is 9.97 Å². The Bertz CT molecular complexity index is 1230. The molecule has 3 heterocycles. The highest BCUT2D eigenvalue weighted by atomic mass is 35.5. The van der Waals surface area contributed by atoms with Crippen molar-refractivity contribution in [3.63, 3.8) is 0 Å². The summed E-state index contributed by atoms with van der Waals surface area (Å²) >= 11 is 6.74. The fourth-order valence-electron chi connectivity index (χ4n) is 5.22. The highest BCUT2D eigenvalue weighted by Crippen LogP contribution is 2.41. The molecule has 3 aromatic rings. The van der Waals surface area contributed by atoms with Gasteiger partial charge in [-0.3, -0.25) is 4.98 Å². The Morgan fingerprint density at radius 3 is 2.77 bits per heavy atom. The van der Waals surface area contributed by atoms with E-state index in [1.54, 1.807) is 13.3 Å². The first-order valence-electron chi connectivity index (χ1n) is 12.2. The van der Waals surface area contributed by atoms with Gasteiger partial charge >= 0.3 is 0 Å². The van der Waals surface area contributed by atoms with Crippen molar-refractivity contribution in [2.75, 3.05) is 39.2 Å². The van der Waals surface area contributed by atoms with Crippen LogP contribution in [0.15, 0.2) is 36.7 Å². The van der Waals surface area contributed by atoms with Gasteiger partial charge in [-0.05, 0) is 87.1 Å². The van der Waals surface area contributed by atoms with Crippen LogP contribution in [0.3, 0.4) is 0 Å². The van der Waals surface area contributed by atoms with Gasteiger partial charge in [0.1, 0.15) is 5.75 Å². The number of fused-ring (bicyclic) bond motifs is 1. The minimum absolute atomic E-state index is 0.107. The number of ether oxygens (including phenoxy) is 1. The molecule has 2 aromatic heterocycles. The van der Waals surface area contributed by atoms with Crippen LogP contribution in [0.2, 0.25) is 5.02 Å². The maximum absolute atomic E-state index is 9.94. The van der Waals surface area contributed by atoms with Gasteiger partial charge in [-0.15, -0.1) is 0 Å². The molecule has 2 aliphatic rings. The largest absolute Gasteiger partial charge is 0.495 e. The summed E-state index contributed by atoms with van der Waals surface area (Å²) in [5.41, 5.74) is 5.42. The van der Waals surface area contributed by atoms with Gasteiger partial charge in [0.25, 0.3) is 0 Å². The first kappa shape index (κ1) is 24.0. The van der Waals surface area contributed by atoms with E-state index in [4.69, 9.17) is 21.3 Å². The highest BCUT2D eigenvalue weighted by molar-refractivity contribution is 6.31. The first-order valence-corrected chi connectivity index (χ1v) is 12.5. The third kappa shape index (κ3) is 4.73. The summed E-state index contributed by atoms with van der Waals surface area (Å²) in [5.74, 6) is 1.60. The van der Waals surface area contributed by atoms with Crippen molar-refractivity contribution in [1.29, 1.82) is 0 Å². The SMILES string of the molecule is COc1cc(C2CCN(C)CC2)c(Cl)cc1Nc1nccc(-c2cnc3c(c2)C(C)(CO)CC3)n1. The number of halogens is 1. The zero-order valence-electron chi connectivity index (χ0n) is 20.5. The molecule has 0 saturated carbocycles. The average Bonchev–Trinajstić information content (AvgIpc) is 3.21. The minimum Gasteiger partial charge on any atom is -0.495 e. The van der Waals surface area contributed by atoms with E-state index < -0.39 is 0 Å².